The van der Waals surface area contributed by atoms with Crippen LogP contribution < -0.4 is 10.1 Å². The van der Waals surface area contributed by atoms with Crippen molar-refractivity contribution in [2.24, 2.45) is 0 Å². The van der Waals surface area contributed by atoms with Crippen molar-refractivity contribution >= 4 is 5.69 Å². The Hall–Kier alpha value is -2.53. The second kappa shape index (κ2) is 6.27. The zero-order valence-corrected chi connectivity index (χ0v) is 10.1. The molecule has 0 amide bonds. The monoisotopic (exact) mass is 245 g/mol. The Morgan fingerprint density at radius 1 is 1.39 bits per heavy atom. The molecule has 4 nitrogen and oxygen atoms in total. The van der Waals surface area contributed by atoms with E-state index in [1.54, 1.807) is 12.1 Å². The van der Waals surface area contributed by atoms with E-state index >= 15 is 0 Å². The molecule has 0 fully saturated rings. The molecule has 1 aromatic rings. The summed E-state index contributed by atoms with van der Waals surface area (Å²) in [5.41, 5.74) is 0.265. The van der Waals surface area contributed by atoms with Crippen LogP contribution in [0.3, 0.4) is 0 Å². The summed E-state index contributed by atoms with van der Waals surface area (Å²) in [6.07, 6.45) is 1.15. The van der Waals surface area contributed by atoms with Crippen molar-refractivity contribution in [1.29, 1.82) is 10.5 Å². The molecule has 1 N–H and O–H groups in total. The lowest BCUT2D eigenvalue weighted by Crippen LogP contribution is -2.07. The second-order valence-electron chi connectivity index (χ2n) is 3.73. The van der Waals surface area contributed by atoms with E-state index in [9.17, 15) is 4.39 Å². The fraction of sp³-hybridized carbons (Fsp3) is 0.231. The zero-order valence-electron chi connectivity index (χ0n) is 10.1. The highest BCUT2D eigenvalue weighted by Gasteiger charge is 2.06. The van der Waals surface area contributed by atoms with Crippen LogP contribution in [0.4, 0.5) is 10.1 Å². The first-order valence-electron chi connectivity index (χ1n) is 5.30. The van der Waals surface area contributed by atoms with Crippen molar-refractivity contribution in [3.8, 4) is 17.9 Å². The molecule has 0 aliphatic carbocycles. The number of ether oxygens (including phenoxy) is 1. The number of halogens is 1. The van der Waals surface area contributed by atoms with Crippen molar-refractivity contribution in [2.45, 2.75) is 20.0 Å². The minimum absolute atomic E-state index is 0.0635. The number of allylic oxidation sites excluding steroid dienone is 1. The van der Waals surface area contributed by atoms with E-state index in [1.807, 2.05) is 13.8 Å². The van der Waals surface area contributed by atoms with Gasteiger partial charge < -0.3 is 10.1 Å². The van der Waals surface area contributed by atoms with Gasteiger partial charge in [-0.25, -0.2) is 4.39 Å². The van der Waals surface area contributed by atoms with Crippen LogP contribution in [0, 0.1) is 28.5 Å². The third kappa shape index (κ3) is 3.80. The summed E-state index contributed by atoms with van der Waals surface area (Å²) in [4.78, 5) is 0. The molecule has 0 aliphatic heterocycles. The number of nitrogens with zero attached hydrogens (tertiary/aromatic N) is 2. The Balaban J connectivity index is 3.00. The van der Waals surface area contributed by atoms with Crippen LogP contribution >= 0.6 is 0 Å². The average molecular weight is 245 g/mol. The number of nitrogens with one attached hydrogen (secondary N) is 1. The van der Waals surface area contributed by atoms with Crippen molar-refractivity contribution in [1.82, 2.24) is 0 Å². The number of hydrogen-bond donors (Lipinski definition) is 1. The van der Waals surface area contributed by atoms with Gasteiger partial charge in [0.1, 0.15) is 29.3 Å². The fourth-order valence-electron chi connectivity index (χ4n) is 1.21. The van der Waals surface area contributed by atoms with Crippen LogP contribution in [0.1, 0.15) is 13.8 Å². The minimum atomic E-state index is -0.433. The Bertz CT molecular complexity index is 522. The number of benzene rings is 1. The predicted molar refractivity (Wildman–Crippen MR) is 65.1 cm³/mol. The van der Waals surface area contributed by atoms with Crippen molar-refractivity contribution in [3.05, 3.63) is 35.8 Å². The number of hydrogen-bond acceptors (Lipinski definition) is 4. The van der Waals surface area contributed by atoms with Crippen LogP contribution in [0.25, 0.3) is 0 Å². The van der Waals surface area contributed by atoms with Gasteiger partial charge in [-0.05, 0) is 26.0 Å². The minimum Gasteiger partial charge on any atom is -0.489 e. The number of rotatable bonds is 4. The maximum Gasteiger partial charge on any atom is 0.145 e. The van der Waals surface area contributed by atoms with E-state index in [0.29, 0.717) is 11.4 Å². The second-order valence-corrected chi connectivity index (χ2v) is 3.73. The van der Waals surface area contributed by atoms with Crippen molar-refractivity contribution < 1.29 is 9.13 Å². The maximum atomic E-state index is 13.1. The normalized spacial score (nSPS) is 9.22. The molecule has 5 heteroatoms. The molecule has 18 heavy (non-hydrogen) atoms. The van der Waals surface area contributed by atoms with Crippen molar-refractivity contribution in [3.63, 3.8) is 0 Å². The molecule has 0 unspecified atom stereocenters. The summed E-state index contributed by atoms with van der Waals surface area (Å²) >= 11 is 0. The number of anilines is 1. The van der Waals surface area contributed by atoms with Crippen LogP contribution in [-0.4, -0.2) is 6.10 Å². The standard InChI is InChI=1S/C13H12FN3O/c1-9(2)18-13-4-3-11(14)5-12(13)17-8-10(6-15)7-16/h3-5,8-9,17H,1-2H3. The molecular formula is C13H12FN3O. The molecule has 0 radical (unpaired) electrons. The summed E-state index contributed by atoms with van der Waals surface area (Å²) in [5.74, 6) is 0.0235. The van der Waals surface area contributed by atoms with E-state index < -0.39 is 5.82 Å². The smallest absolute Gasteiger partial charge is 0.145 e. The Morgan fingerprint density at radius 2 is 2.06 bits per heavy atom. The SMILES string of the molecule is CC(C)Oc1ccc(F)cc1NC=C(C#N)C#N. The van der Waals surface area contributed by atoms with Gasteiger partial charge in [-0.3, -0.25) is 0 Å². The first kappa shape index (κ1) is 13.5. The maximum absolute atomic E-state index is 13.1. The van der Waals surface area contributed by atoms with Crippen LogP contribution in [0.15, 0.2) is 30.0 Å². The molecule has 0 atom stereocenters. The lowest BCUT2D eigenvalue weighted by Gasteiger charge is -2.14. The van der Waals surface area contributed by atoms with Gasteiger partial charge in [-0.1, -0.05) is 0 Å². The Kier molecular flexibility index (Phi) is 4.71. The summed E-state index contributed by atoms with van der Waals surface area (Å²) < 4.78 is 18.6. The molecule has 0 saturated heterocycles. The van der Waals surface area contributed by atoms with Gasteiger partial charge in [0, 0.05) is 12.3 Å². The molecule has 0 aromatic heterocycles. The molecule has 0 saturated carbocycles. The lowest BCUT2D eigenvalue weighted by atomic mass is 10.2. The molecule has 1 rings (SSSR count). The predicted octanol–water partition coefficient (Wildman–Crippen LogP) is 2.96. The van der Waals surface area contributed by atoms with E-state index in [2.05, 4.69) is 5.32 Å². The molecular weight excluding hydrogens is 233 g/mol. The fourth-order valence-corrected chi connectivity index (χ4v) is 1.21. The van der Waals surface area contributed by atoms with Gasteiger partial charge in [0.15, 0.2) is 0 Å². The van der Waals surface area contributed by atoms with Crippen LogP contribution in [0.2, 0.25) is 0 Å². The molecule has 0 spiro atoms. The van der Waals surface area contributed by atoms with Gasteiger partial charge >= 0.3 is 0 Å². The van der Waals surface area contributed by atoms with Gasteiger partial charge in [-0.15, -0.1) is 0 Å². The van der Waals surface area contributed by atoms with E-state index in [-0.39, 0.29) is 11.7 Å². The van der Waals surface area contributed by atoms with Crippen LogP contribution in [-0.2, 0) is 0 Å². The Morgan fingerprint density at radius 3 is 2.61 bits per heavy atom. The average Bonchev–Trinajstić information content (AvgIpc) is 2.33. The highest BCUT2D eigenvalue weighted by Crippen LogP contribution is 2.26. The summed E-state index contributed by atoms with van der Waals surface area (Å²) in [6, 6.07) is 7.41. The summed E-state index contributed by atoms with van der Waals surface area (Å²) in [5, 5.41) is 19.9. The molecule has 0 bridgehead atoms. The molecule has 1 aromatic carbocycles. The molecule has 0 aliphatic rings. The van der Waals surface area contributed by atoms with Gasteiger partial charge in [0.05, 0.1) is 11.8 Å². The van der Waals surface area contributed by atoms with Gasteiger partial charge in [0.2, 0.25) is 0 Å². The highest BCUT2D eigenvalue weighted by atomic mass is 19.1. The van der Waals surface area contributed by atoms with Gasteiger partial charge in [-0.2, -0.15) is 10.5 Å². The topological polar surface area (TPSA) is 68.8 Å². The van der Waals surface area contributed by atoms with Gasteiger partial charge in [0.25, 0.3) is 0 Å². The Labute approximate surface area is 105 Å². The zero-order chi connectivity index (χ0) is 13.5. The van der Waals surface area contributed by atoms with E-state index in [4.69, 9.17) is 15.3 Å². The van der Waals surface area contributed by atoms with Crippen LogP contribution in [0.5, 0.6) is 5.75 Å². The van der Waals surface area contributed by atoms with Crippen molar-refractivity contribution in [2.75, 3.05) is 5.32 Å². The third-order valence-corrected chi connectivity index (χ3v) is 1.92. The first-order chi connectivity index (χ1) is 8.56. The lowest BCUT2D eigenvalue weighted by molar-refractivity contribution is 0.243. The quantitative estimate of drug-likeness (QED) is 0.828. The largest absolute Gasteiger partial charge is 0.489 e. The summed E-state index contributed by atoms with van der Waals surface area (Å²) in [6.45, 7) is 3.69. The molecule has 92 valence electrons. The number of nitriles is 2. The first-order valence-corrected chi connectivity index (χ1v) is 5.30. The molecule has 0 heterocycles. The summed E-state index contributed by atoms with van der Waals surface area (Å²) in [7, 11) is 0. The van der Waals surface area contributed by atoms with E-state index in [1.165, 1.54) is 24.4 Å². The highest BCUT2D eigenvalue weighted by molar-refractivity contribution is 5.59. The van der Waals surface area contributed by atoms with E-state index in [0.717, 1.165) is 0 Å². The third-order valence-electron chi connectivity index (χ3n) is 1.92.